The van der Waals surface area contributed by atoms with Crippen LogP contribution in [0.25, 0.3) is 10.1 Å². The molecule has 0 nitrogen and oxygen atoms in total. The van der Waals surface area contributed by atoms with Gasteiger partial charge in [0.2, 0.25) is 0 Å². The molecule has 1 unspecified atom stereocenters. The first-order chi connectivity index (χ1) is 7.95. The Labute approximate surface area is 113 Å². The van der Waals surface area contributed by atoms with Gasteiger partial charge in [-0.05, 0) is 25.0 Å². The quantitative estimate of drug-likeness (QED) is 0.746. The Morgan fingerprint density at radius 1 is 1.22 bits per heavy atom. The van der Waals surface area contributed by atoms with E-state index in [-0.39, 0.29) is 12.4 Å². The topological polar surface area (TPSA) is 0 Å². The molecule has 0 saturated heterocycles. The molecule has 2 aromatic rings. The number of rotatable bonds is 2. The molecule has 0 saturated carbocycles. The Balaban J connectivity index is 0.00000162. The molecule has 18 heavy (non-hydrogen) atoms. The second-order valence-electron chi connectivity index (χ2n) is 4.10. The van der Waals surface area contributed by atoms with Gasteiger partial charge < -0.3 is 12.4 Å². The molecule has 1 heterocycles. The molecule has 0 N–H and O–H groups in total. The summed E-state index contributed by atoms with van der Waals surface area (Å²) in [5.74, 6) is 0. The van der Waals surface area contributed by atoms with Crippen molar-refractivity contribution in [2.75, 3.05) is 0 Å². The van der Waals surface area contributed by atoms with Crippen LogP contribution in [0.3, 0.4) is 0 Å². The zero-order chi connectivity index (χ0) is 12.6. The summed E-state index contributed by atoms with van der Waals surface area (Å²) in [5.41, 5.74) is -3.23. The van der Waals surface area contributed by atoms with Crippen LogP contribution in [0.4, 0.5) is 13.2 Å². The Kier molecular flexibility index (Phi) is 4.67. The second kappa shape index (κ2) is 5.49. The summed E-state index contributed by atoms with van der Waals surface area (Å²) < 4.78 is 39.8. The summed E-state index contributed by atoms with van der Waals surface area (Å²) in [6.07, 6.45) is 1.27. The van der Waals surface area contributed by atoms with Crippen molar-refractivity contribution in [3.05, 3.63) is 34.7 Å². The van der Waals surface area contributed by atoms with Gasteiger partial charge >= 0.3 is 5.51 Å². The van der Waals surface area contributed by atoms with Crippen LogP contribution in [0.5, 0.6) is 0 Å². The Hall–Kier alpha value is -0.740. The van der Waals surface area contributed by atoms with E-state index in [1.54, 1.807) is 18.2 Å². The van der Waals surface area contributed by atoms with E-state index < -0.39 is 16.0 Å². The lowest BCUT2D eigenvalue weighted by Crippen LogP contribution is -3.00. The predicted molar refractivity (Wildman–Crippen MR) is 66.5 cm³/mol. The fraction of sp³-hybridized carbons (Fsp3) is 0.385. The molecule has 5 heteroatoms. The molecule has 1 aromatic heterocycles. The zero-order valence-electron chi connectivity index (χ0n) is 10.1. The molecular weight excluding hydrogens is 281 g/mol. The predicted octanol–water partition coefficient (Wildman–Crippen LogP) is 2.33. The second-order valence-corrected chi connectivity index (χ2v) is 6.14. The van der Waals surface area contributed by atoms with Gasteiger partial charge in [0.05, 0.1) is 10.5 Å². The van der Waals surface area contributed by atoms with Crippen molar-refractivity contribution in [3.63, 3.8) is 0 Å². The molecule has 0 amide bonds. The van der Waals surface area contributed by atoms with E-state index in [0.29, 0.717) is 16.0 Å². The monoisotopic (exact) mass is 294 g/mol. The van der Waals surface area contributed by atoms with Gasteiger partial charge in [-0.25, -0.2) is 0 Å². The lowest BCUT2D eigenvalue weighted by atomic mass is 10.1. The van der Waals surface area contributed by atoms with Gasteiger partial charge in [-0.2, -0.15) is 0 Å². The van der Waals surface area contributed by atoms with Gasteiger partial charge in [0.1, 0.15) is 0 Å². The van der Waals surface area contributed by atoms with Crippen molar-refractivity contribution in [2.45, 2.75) is 32.2 Å². The summed E-state index contributed by atoms with van der Waals surface area (Å²) in [6, 6.07) is 6.92. The Morgan fingerprint density at radius 2 is 1.89 bits per heavy atom. The van der Waals surface area contributed by atoms with Gasteiger partial charge in [-0.1, -0.05) is 19.1 Å². The third-order valence-corrected chi connectivity index (χ3v) is 4.90. The molecule has 2 rings (SSSR count). The number of halogens is 4. The maximum atomic E-state index is 13.1. The van der Waals surface area contributed by atoms with Crippen LogP contribution in [0, 0.1) is 6.92 Å². The maximum absolute atomic E-state index is 13.1. The van der Waals surface area contributed by atoms with E-state index in [1.165, 1.54) is 0 Å². The molecular formula is C13H14ClF3S. The highest BCUT2D eigenvalue weighted by Crippen LogP contribution is 2.51. The third kappa shape index (κ3) is 2.64. The van der Waals surface area contributed by atoms with Crippen molar-refractivity contribution in [1.29, 1.82) is 0 Å². The maximum Gasteiger partial charge on any atom is 0.600 e. The van der Waals surface area contributed by atoms with Crippen molar-refractivity contribution >= 4 is 20.6 Å². The summed E-state index contributed by atoms with van der Waals surface area (Å²) in [7, 11) is -1.71. The smallest absolute Gasteiger partial charge is 0.600 e. The van der Waals surface area contributed by atoms with Crippen LogP contribution in [-0.4, -0.2) is 0 Å². The fourth-order valence-electron chi connectivity index (χ4n) is 2.07. The molecule has 0 fully saturated rings. The van der Waals surface area contributed by atoms with Gasteiger partial charge in [0.15, 0.2) is 9.58 Å². The van der Waals surface area contributed by atoms with Crippen LogP contribution in [0.1, 0.15) is 23.8 Å². The van der Waals surface area contributed by atoms with Crippen molar-refractivity contribution in [2.24, 2.45) is 0 Å². The molecule has 0 aliphatic heterocycles. The fourth-order valence-corrected chi connectivity index (χ4v) is 4.20. The third-order valence-electron chi connectivity index (χ3n) is 2.80. The lowest BCUT2D eigenvalue weighted by molar-refractivity contribution is -0.0867. The van der Waals surface area contributed by atoms with Gasteiger partial charge in [0.25, 0.3) is 0 Å². The summed E-state index contributed by atoms with van der Waals surface area (Å²) in [4.78, 5) is 0.532. The highest BCUT2D eigenvalue weighted by molar-refractivity contribution is 7.38. The molecule has 0 bridgehead atoms. The Bertz CT molecular complexity index is 543. The van der Waals surface area contributed by atoms with Crippen LogP contribution in [-0.2, 0) is 11.9 Å². The zero-order valence-corrected chi connectivity index (χ0v) is 11.7. The first-order valence-electron chi connectivity index (χ1n) is 5.56. The summed E-state index contributed by atoms with van der Waals surface area (Å²) >= 11 is 0. The van der Waals surface area contributed by atoms with Crippen LogP contribution >= 0.6 is 10.5 Å². The number of hydrogen-bond acceptors (Lipinski definition) is 0. The minimum Gasteiger partial charge on any atom is -1.00 e. The Morgan fingerprint density at radius 3 is 2.44 bits per heavy atom. The first-order valence-corrected chi connectivity index (χ1v) is 6.79. The van der Waals surface area contributed by atoms with Gasteiger partial charge in [-0.15, -0.1) is 13.2 Å². The molecule has 0 aliphatic carbocycles. The standard InChI is InChI=1S/C13H14F3S.ClH/c1-3-5-10-8-11-9(2)6-4-7-12(11)17(10)13(14,15)16;/h4,6-8H,3,5H2,1-2H3;1H/q+1;/p-1. The highest BCUT2D eigenvalue weighted by atomic mass is 35.5. The number of aryl methyl sites for hydroxylation is 2. The van der Waals surface area contributed by atoms with Crippen molar-refractivity contribution in [1.82, 2.24) is 0 Å². The highest BCUT2D eigenvalue weighted by Gasteiger charge is 2.47. The first kappa shape index (κ1) is 15.3. The van der Waals surface area contributed by atoms with E-state index in [2.05, 4.69) is 0 Å². The number of alkyl halides is 3. The van der Waals surface area contributed by atoms with E-state index in [1.807, 2.05) is 19.9 Å². The minimum atomic E-state index is -4.15. The van der Waals surface area contributed by atoms with Gasteiger partial charge in [0, 0.05) is 17.9 Å². The summed E-state index contributed by atoms with van der Waals surface area (Å²) in [6.45, 7) is 3.77. The van der Waals surface area contributed by atoms with Gasteiger partial charge in [-0.3, -0.25) is 0 Å². The minimum absolute atomic E-state index is 0. The van der Waals surface area contributed by atoms with Crippen molar-refractivity contribution in [3.8, 4) is 0 Å². The molecule has 0 spiro atoms. The number of hydrogen-bond donors (Lipinski definition) is 0. The molecule has 0 radical (unpaired) electrons. The SMILES string of the molecule is CCCc1cc2c(C)cccc2[s+]1C(F)(F)F.[Cl-]. The van der Waals surface area contributed by atoms with Crippen LogP contribution in [0.2, 0.25) is 0 Å². The van der Waals surface area contributed by atoms with E-state index >= 15 is 0 Å². The van der Waals surface area contributed by atoms with Crippen LogP contribution in [0.15, 0.2) is 24.3 Å². The van der Waals surface area contributed by atoms with Crippen LogP contribution < -0.4 is 12.4 Å². The molecule has 1 atom stereocenters. The average Bonchev–Trinajstić information content (AvgIpc) is 2.57. The molecule has 100 valence electrons. The van der Waals surface area contributed by atoms with E-state index in [9.17, 15) is 13.2 Å². The van der Waals surface area contributed by atoms with E-state index in [4.69, 9.17) is 0 Å². The molecule has 0 aliphatic rings. The largest absolute Gasteiger partial charge is 1.00 e. The number of benzene rings is 1. The lowest BCUT2D eigenvalue weighted by Gasteiger charge is -1.99. The normalized spacial score (nSPS) is 12.6. The molecule has 1 aromatic carbocycles. The van der Waals surface area contributed by atoms with Crippen molar-refractivity contribution < 1.29 is 25.6 Å². The summed E-state index contributed by atoms with van der Waals surface area (Å²) in [5, 5.41) is 0.775. The average molecular weight is 295 g/mol. The number of thiophene rings is 1. The number of fused-ring (bicyclic) bond motifs is 1. The van der Waals surface area contributed by atoms with E-state index in [0.717, 1.165) is 17.4 Å².